The molecule has 20 heavy (non-hydrogen) atoms. The normalized spacial score (nSPS) is 10.3. The number of aromatic nitrogens is 1. The maximum atomic E-state index is 11.6. The molecule has 0 unspecified atom stereocenters. The molecule has 0 radical (unpaired) electrons. The van der Waals surface area contributed by atoms with Crippen LogP contribution in [-0.4, -0.2) is 23.9 Å². The van der Waals surface area contributed by atoms with Gasteiger partial charge in [-0.3, -0.25) is 4.79 Å². The Balaban J connectivity index is 2.11. The zero-order valence-corrected chi connectivity index (χ0v) is 12.3. The number of aryl methyl sites for hydroxylation is 1. The van der Waals surface area contributed by atoms with Crippen LogP contribution in [-0.2, 0) is 0 Å². The molecule has 0 spiro atoms. The van der Waals surface area contributed by atoms with Gasteiger partial charge in [0.1, 0.15) is 5.75 Å². The molecule has 106 valence electrons. The van der Waals surface area contributed by atoms with E-state index in [9.17, 15) is 4.79 Å². The third-order valence-corrected chi connectivity index (χ3v) is 3.77. The number of Topliss-reactive ketones (excluding diaryl/α,β-unsaturated/α-hetero) is 1. The van der Waals surface area contributed by atoms with Crippen molar-refractivity contribution in [3.63, 3.8) is 0 Å². The predicted octanol–water partition coefficient (Wildman–Crippen LogP) is 2.74. The van der Waals surface area contributed by atoms with Gasteiger partial charge >= 0.3 is 0 Å². The molecule has 1 heterocycles. The van der Waals surface area contributed by atoms with Crippen LogP contribution in [0.25, 0.3) is 0 Å². The fraction of sp³-hybridized carbons (Fsp3) is 0.286. The lowest BCUT2D eigenvalue weighted by Gasteiger charge is -2.05. The van der Waals surface area contributed by atoms with Crippen LogP contribution in [0.2, 0.25) is 0 Å². The number of hydrogen-bond acceptors (Lipinski definition) is 6. The number of ether oxygens (including phenoxy) is 1. The van der Waals surface area contributed by atoms with Crippen LogP contribution < -0.4 is 15.8 Å². The van der Waals surface area contributed by atoms with Crippen molar-refractivity contribution in [3.8, 4) is 5.75 Å². The third-order valence-electron chi connectivity index (χ3n) is 2.65. The quantitative estimate of drug-likeness (QED) is 0.800. The summed E-state index contributed by atoms with van der Waals surface area (Å²) in [7, 11) is 0. The highest BCUT2D eigenvalue weighted by Gasteiger charge is 2.13. The van der Waals surface area contributed by atoms with E-state index in [0.29, 0.717) is 22.3 Å². The lowest BCUT2D eigenvalue weighted by Crippen LogP contribution is -2.13. The number of thiazole rings is 1. The van der Waals surface area contributed by atoms with Crippen molar-refractivity contribution in [2.45, 2.75) is 13.8 Å². The van der Waals surface area contributed by atoms with Crippen LogP contribution in [0.4, 0.5) is 10.8 Å². The zero-order chi connectivity index (χ0) is 14.5. The van der Waals surface area contributed by atoms with E-state index in [2.05, 4.69) is 10.3 Å². The molecule has 0 fully saturated rings. The topological polar surface area (TPSA) is 77.2 Å². The first-order valence-corrected chi connectivity index (χ1v) is 7.16. The van der Waals surface area contributed by atoms with E-state index >= 15 is 0 Å². The largest absolute Gasteiger partial charge is 0.494 e. The van der Waals surface area contributed by atoms with Gasteiger partial charge in [0.25, 0.3) is 0 Å². The van der Waals surface area contributed by atoms with Crippen LogP contribution in [0.3, 0.4) is 0 Å². The molecular weight excluding hydrogens is 274 g/mol. The van der Waals surface area contributed by atoms with Gasteiger partial charge in [-0.1, -0.05) is 11.3 Å². The van der Waals surface area contributed by atoms with Gasteiger partial charge < -0.3 is 15.8 Å². The summed E-state index contributed by atoms with van der Waals surface area (Å²) in [6.45, 7) is 4.40. The van der Waals surface area contributed by atoms with Gasteiger partial charge in [0.2, 0.25) is 0 Å². The molecule has 0 bridgehead atoms. The molecule has 0 saturated carbocycles. The molecule has 0 aliphatic rings. The van der Waals surface area contributed by atoms with Gasteiger partial charge in [-0.25, -0.2) is 4.98 Å². The minimum atomic E-state index is -0.0836. The molecule has 0 saturated heterocycles. The van der Waals surface area contributed by atoms with E-state index in [0.717, 1.165) is 11.4 Å². The Labute approximate surface area is 121 Å². The molecule has 3 N–H and O–H groups in total. The van der Waals surface area contributed by atoms with E-state index < -0.39 is 0 Å². The second kappa shape index (κ2) is 6.49. The summed E-state index contributed by atoms with van der Waals surface area (Å²) < 4.78 is 5.38. The van der Waals surface area contributed by atoms with Crippen molar-refractivity contribution in [3.05, 3.63) is 34.8 Å². The third kappa shape index (κ3) is 3.34. The second-order valence-electron chi connectivity index (χ2n) is 4.14. The average Bonchev–Trinajstić information content (AvgIpc) is 2.81. The molecule has 0 aliphatic carbocycles. The standard InChI is InChI=1S/C14H17N3O2S/c1-3-19-11-6-4-10(5-7-11)17-14-16-9(2)13(20-14)12(18)8-15/h4-7H,3,8,15H2,1-2H3,(H,16,17). The SMILES string of the molecule is CCOc1ccc(Nc2nc(C)c(C(=O)CN)s2)cc1. The zero-order valence-electron chi connectivity index (χ0n) is 11.5. The Kier molecular flexibility index (Phi) is 4.70. The molecule has 0 atom stereocenters. The summed E-state index contributed by atoms with van der Waals surface area (Å²) in [5.41, 5.74) is 6.98. The molecule has 5 nitrogen and oxygen atoms in total. The summed E-state index contributed by atoms with van der Waals surface area (Å²) in [6.07, 6.45) is 0. The number of carbonyl (C=O) groups excluding carboxylic acids is 1. The van der Waals surface area contributed by atoms with Gasteiger partial charge in [-0.05, 0) is 38.1 Å². The summed E-state index contributed by atoms with van der Waals surface area (Å²) >= 11 is 1.32. The number of nitrogens with one attached hydrogen (secondary N) is 1. The number of benzene rings is 1. The van der Waals surface area contributed by atoms with Gasteiger partial charge in [0.15, 0.2) is 10.9 Å². The Morgan fingerprint density at radius 1 is 1.40 bits per heavy atom. The van der Waals surface area contributed by atoms with Gasteiger partial charge in [0, 0.05) is 5.69 Å². The highest BCUT2D eigenvalue weighted by atomic mass is 32.1. The average molecular weight is 291 g/mol. The number of ketones is 1. The van der Waals surface area contributed by atoms with Crippen LogP contribution in [0.15, 0.2) is 24.3 Å². The lowest BCUT2D eigenvalue weighted by molar-refractivity contribution is 0.100. The van der Waals surface area contributed by atoms with Crippen LogP contribution in [0, 0.1) is 6.92 Å². The molecule has 1 aromatic carbocycles. The Bertz CT molecular complexity index is 593. The van der Waals surface area contributed by atoms with Crippen molar-refractivity contribution < 1.29 is 9.53 Å². The maximum Gasteiger partial charge on any atom is 0.188 e. The Hall–Kier alpha value is -1.92. The first-order valence-electron chi connectivity index (χ1n) is 6.34. The summed E-state index contributed by atoms with van der Waals surface area (Å²) in [5.74, 6) is 0.743. The van der Waals surface area contributed by atoms with Crippen molar-refractivity contribution in [2.75, 3.05) is 18.5 Å². The maximum absolute atomic E-state index is 11.6. The first kappa shape index (κ1) is 14.5. The van der Waals surface area contributed by atoms with Crippen LogP contribution in [0.1, 0.15) is 22.3 Å². The summed E-state index contributed by atoms with van der Waals surface area (Å²) in [6, 6.07) is 7.59. The van der Waals surface area contributed by atoms with Crippen LogP contribution >= 0.6 is 11.3 Å². The predicted molar refractivity (Wildman–Crippen MR) is 81.1 cm³/mol. The molecule has 6 heteroatoms. The highest BCUT2D eigenvalue weighted by molar-refractivity contribution is 7.17. The minimum Gasteiger partial charge on any atom is -0.494 e. The molecular formula is C14H17N3O2S. The van der Waals surface area contributed by atoms with Gasteiger partial charge in [-0.2, -0.15) is 0 Å². The molecule has 0 amide bonds. The monoisotopic (exact) mass is 291 g/mol. The van der Waals surface area contributed by atoms with E-state index in [1.807, 2.05) is 38.1 Å². The van der Waals surface area contributed by atoms with Crippen molar-refractivity contribution in [1.29, 1.82) is 0 Å². The van der Waals surface area contributed by atoms with Crippen molar-refractivity contribution in [1.82, 2.24) is 4.98 Å². The minimum absolute atomic E-state index is 0.00548. The molecule has 1 aromatic heterocycles. The summed E-state index contributed by atoms with van der Waals surface area (Å²) in [4.78, 5) is 16.6. The first-order chi connectivity index (χ1) is 9.63. The fourth-order valence-corrected chi connectivity index (χ4v) is 2.66. The Morgan fingerprint density at radius 3 is 2.70 bits per heavy atom. The highest BCUT2D eigenvalue weighted by Crippen LogP contribution is 2.26. The lowest BCUT2D eigenvalue weighted by atomic mass is 10.3. The fourth-order valence-electron chi connectivity index (χ4n) is 1.73. The number of nitrogens with two attached hydrogens (primary N) is 1. The van der Waals surface area contributed by atoms with Crippen molar-refractivity contribution >= 4 is 27.9 Å². The number of rotatable bonds is 6. The number of nitrogens with zero attached hydrogens (tertiary/aromatic N) is 1. The molecule has 2 aromatic rings. The van der Waals surface area contributed by atoms with E-state index in [-0.39, 0.29) is 12.3 Å². The second-order valence-corrected chi connectivity index (χ2v) is 5.14. The van der Waals surface area contributed by atoms with Gasteiger partial charge in [-0.15, -0.1) is 0 Å². The van der Waals surface area contributed by atoms with E-state index in [1.165, 1.54) is 11.3 Å². The van der Waals surface area contributed by atoms with Crippen molar-refractivity contribution in [2.24, 2.45) is 5.73 Å². The number of hydrogen-bond donors (Lipinski definition) is 2. The van der Waals surface area contributed by atoms with E-state index in [4.69, 9.17) is 10.5 Å². The summed E-state index contributed by atoms with van der Waals surface area (Å²) in [5, 5.41) is 3.86. The smallest absolute Gasteiger partial charge is 0.188 e. The molecule has 0 aliphatic heterocycles. The van der Waals surface area contributed by atoms with E-state index in [1.54, 1.807) is 0 Å². The Morgan fingerprint density at radius 2 is 2.10 bits per heavy atom. The molecule has 2 rings (SSSR count). The number of carbonyl (C=O) groups is 1. The number of anilines is 2. The van der Waals surface area contributed by atoms with Gasteiger partial charge in [0.05, 0.1) is 23.7 Å². The van der Waals surface area contributed by atoms with Crippen LogP contribution in [0.5, 0.6) is 5.75 Å².